The van der Waals surface area contributed by atoms with E-state index in [2.05, 4.69) is 36.3 Å². The lowest BCUT2D eigenvalue weighted by Gasteiger charge is -2.36. The molecule has 0 saturated heterocycles. The predicted octanol–water partition coefficient (Wildman–Crippen LogP) is 5.80. The smallest absolute Gasteiger partial charge is 0.258 e. The quantitative estimate of drug-likeness (QED) is 0.317. The number of ether oxygens (including phenoxy) is 2. The van der Waals surface area contributed by atoms with Gasteiger partial charge in [-0.05, 0) is 69.5 Å². The van der Waals surface area contributed by atoms with Crippen molar-refractivity contribution in [2.45, 2.75) is 71.2 Å². The molecule has 0 spiro atoms. The number of hydrogen-bond donors (Lipinski definition) is 2. The van der Waals surface area contributed by atoms with Gasteiger partial charge in [0.05, 0.1) is 36.8 Å². The fourth-order valence-corrected chi connectivity index (χ4v) is 5.72. The first-order chi connectivity index (χ1) is 21.7. The maximum absolute atomic E-state index is 14.3. The third-order valence-corrected chi connectivity index (χ3v) is 8.33. The van der Waals surface area contributed by atoms with E-state index in [9.17, 15) is 14.7 Å². The van der Waals surface area contributed by atoms with Crippen LogP contribution >= 0.6 is 0 Å². The normalized spacial score (nSPS) is 20.5. The van der Waals surface area contributed by atoms with Crippen molar-refractivity contribution in [2.24, 2.45) is 5.92 Å². The maximum atomic E-state index is 14.3. The summed E-state index contributed by atoms with van der Waals surface area (Å²) in [6, 6.07) is 24.7. The summed E-state index contributed by atoms with van der Waals surface area (Å²) in [6.07, 6.45) is 2.66. The lowest BCUT2D eigenvalue weighted by Crippen LogP contribution is -2.47. The highest BCUT2D eigenvalue weighted by atomic mass is 16.5. The first kappa shape index (κ1) is 34.2. The second-order valence-electron chi connectivity index (χ2n) is 12.4. The first-order valence-corrected chi connectivity index (χ1v) is 16.1. The molecular weight excluding hydrogens is 566 g/mol. The monoisotopic (exact) mass is 615 g/mol. The molecule has 0 saturated carbocycles. The first-order valence-electron chi connectivity index (χ1n) is 16.1. The standard InChI is InChI=1S/C37H49N3O5/c1-27-23-40(28(2)26-41)37(43)33-22-32(38-36(42)21-30-14-7-5-8-15-30)18-19-34(33)45-29(3)13-11-12-20-44-35(27)25-39(4)24-31-16-9-6-10-17-31/h5-10,14-19,22,27-29,35,41H,11-13,20-21,23-26H2,1-4H3,(H,38,42)/t27-,28-,29+,35+/m0/s1. The molecule has 45 heavy (non-hydrogen) atoms. The van der Waals surface area contributed by atoms with E-state index in [1.54, 1.807) is 23.1 Å². The second kappa shape index (κ2) is 17.1. The Balaban J connectivity index is 1.59. The summed E-state index contributed by atoms with van der Waals surface area (Å²) in [4.78, 5) is 31.2. The Morgan fingerprint density at radius 3 is 2.40 bits per heavy atom. The highest BCUT2D eigenvalue weighted by Crippen LogP contribution is 2.28. The highest BCUT2D eigenvalue weighted by Gasteiger charge is 2.30. The Morgan fingerprint density at radius 1 is 1.02 bits per heavy atom. The van der Waals surface area contributed by atoms with Crippen molar-refractivity contribution in [3.63, 3.8) is 0 Å². The fraction of sp³-hybridized carbons (Fsp3) is 0.459. The van der Waals surface area contributed by atoms with Crippen LogP contribution in [0.2, 0.25) is 0 Å². The summed E-state index contributed by atoms with van der Waals surface area (Å²) in [5, 5.41) is 13.2. The van der Waals surface area contributed by atoms with Crippen LogP contribution in [0.3, 0.4) is 0 Å². The molecule has 2 N–H and O–H groups in total. The van der Waals surface area contributed by atoms with Crippen LogP contribution in [0.4, 0.5) is 5.69 Å². The minimum atomic E-state index is -0.433. The molecule has 1 heterocycles. The molecule has 1 aliphatic rings. The minimum Gasteiger partial charge on any atom is -0.490 e. The van der Waals surface area contributed by atoms with Gasteiger partial charge in [-0.25, -0.2) is 0 Å². The Labute approximate surface area is 268 Å². The van der Waals surface area contributed by atoms with Crippen molar-refractivity contribution in [3.8, 4) is 5.75 Å². The number of amides is 2. The molecular formula is C37H49N3O5. The number of aliphatic hydroxyl groups is 1. The fourth-order valence-electron chi connectivity index (χ4n) is 5.72. The summed E-state index contributed by atoms with van der Waals surface area (Å²) in [6.45, 7) is 8.31. The van der Waals surface area contributed by atoms with Crippen LogP contribution < -0.4 is 10.1 Å². The molecule has 0 unspecified atom stereocenters. The van der Waals surface area contributed by atoms with Crippen molar-refractivity contribution in [3.05, 3.63) is 95.6 Å². The van der Waals surface area contributed by atoms with E-state index >= 15 is 0 Å². The van der Waals surface area contributed by atoms with Crippen LogP contribution in [-0.2, 0) is 22.5 Å². The molecule has 3 aromatic rings. The summed E-state index contributed by atoms with van der Waals surface area (Å²) in [5.74, 6) is 0.0424. The van der Waals surface area contributed by atoms with Gasteiger partial charge in [-0.15, -0.1) is 0 Å². The number of rotatable bonds is 9. The van der Waals surface area contributed by atoms with Gasteiger partial charge in [0, 0.05) is 37.8 Å². The molecule has 0 aromatic heterocycles. The lowest BCUT2D eigenvalue weighted by molar-refractivity contribution is -0.115. The number of carbonyl (C=O) groups excluding carboxylic acids is 2. The number of fused-ring (bicyclic) bond motifs is 1. The maximum Gasteiger partial charge on any atom is 0.258 e. The zero-order valence-corrected chi connectivity index (χ0v) is 27.2. The van der Waals surface area contributed by atoms with E-state index in [-0.39, 0.29) is 43.0 Å². The molecule has 8 heteroatoms. The van der Waals surface area contributed by atoms with Gasteiger partial charge in [-0.3, -0.25) is 14.5 Å². The van der Waals surface area contributed by atoms with Crippen LogP contribution in [0.5, 0.6) is 5.75 Å². The topological polar surface area (TPSA) is 91.3 Å². The van der Waals surface area contributed by atoms with Gasteiger partial charge in [-0.2, -0.15) is 0 Å². The molecule has 0 fully saturated rings. The third-order valence-electron chi connectivity index (χ3n) is 8.33. The average molecular weight is 616 g/mol. The van der Waals surface area contributed by atoms with E-state index in [4.69, 9.17) is 9.47 Å². The van der Waals surface area contributed by atoms with Crippen LogP contribution in [0.15, 0.2) is 78.9 Å². The molecule has 0 bridgehead atoms. The predicted molar refractivity (Wildman–Crippen MR) is 178 cm³/mol. The van der Waals surface area contributed by atoms with Gasteiger partial charge in [-0.1, -0.05) is 67.6 Å². The molecule has 1 aliphatic heterocycles. The SMILES string of the molecule is C[C@@H]1CCCCO[C@H](CN(C)Cc2ccccc2)[C@@H](C)CN([C@@H](C)CO)C(=O)c2cc(NC(=O)Cc3ccccc3)ccc2O1. The summed E-state index contributed by atoms with van der Waals surface area (Å²) >= 11 is 0. The van der Waals surface area contributed by atoms with Crippen LogP contribution in [0.1, 0.15) is 61.5 Å². The van der Waals surface area contributed by atoms with Gasteiger partial charge >= 0.3 is 0 Å². The number of benzene rings is 3. The van der Waals surface area contributed by atoms with Crippen LogP contribution in [0, 0.1) is 5.92 Å². The summed E-state index contributed by atoms with van der Waals surface area (Å²) < 4.78 is 12.8. The Morgan fingerprint density at radius 2 is 1.71 bits per heavy atom. The molecule has 0 radical (unpaired) electrons. The van der Waals surface area contributed by atoms with E-state index in [1.165, 1.54) is 5.56 Å². The summed E-state index contributed by atoms with van der Waals surface area (Å²) in [7, 11) is 2.09. The van der Waals surface area contributed by atoms with Gasteiger partial charge in [0.1, 0.15) is 5.75 Å². The summed E-state index contributed by atoms with van der Waals surface area (Å²) in [5.41, 5.74) is 3.03. The molecule has 242 valence electrons. The molecule has 0 aliphatic carbocycles. The number of carbonyl (C=O) groups is 2. The number of nitrogens with zero attached hydrogens (tertiary/aromatic N) is 2. The minimum absolute atomic E-state index is 0.0128. The van der Waals surface area contributed by atoms with E-state index in [0.717, 1.165) is 31.4 Å². The lowest BCUT2D eigenvalue weighted by atomic mass is 10.0. The zero-order chi connectivity index (χ0) is 32.2. The van der Waals surface area contributed by atoms with E-state index in [0.29, 0.717) is 36.7 Å². The Bertz CT molecular complexity index is 1350. The van der Waals surface area contributed by atoms with Crippen LogP contribution in [0.25, 0.3) is 0 Å². The molecule has 8 nitrogen and oxygen atoms in total. The molecule has 3 aromatic carbocycles. The highest BCUT2D eigenvalue weighted by molar-refractivity contribution is 6.00. The van der Waals surface area contributed by atoms with E-state index in [1.807, 2.05) is 62.4 Å². The number of aliphatic hydroxyl groups excluding tert-OH is 1. The van der Waals surface area contributed by atoms with Crippen molar-refractivity contribution in [1.82, 2.24) is 9.80 Å². The van der Waals surface area contributed by atoms with Gasteiger partial charge in [0.15, 0.2) is 0 Å². The molecule has 2 amide bonds. The zero-order valence-electron chi connectivity index (χ0n) is 27.2. The van der Waals surface area contributed by atoms with Gasteiger partial charge in [0.25, 0.3) is 5.91 Å². The Kier molecular flexibility index (Phi) is 13.0. The van der Waals surface area contributed by atoms with Crippen molar-refractivity contribution < 1.29 is 24.2 Å². The number of likely N-dealkylation sites (N-methyl/N-ethyl adjacent to an activating group) is 1. The van der Waals surface area contributed by atoms with Crippen molar-refractivity contribution >= 4 is 17.5 Å². The number of nitrogens with one attached hydrogen (secondary N) is 1. The number of anilines is 1. The third kappa shape index (κ3) is 10.4. The second-order valence-corrected chi connectivity index (χ2v) is 12.4. The largest absolute Gasteiger partial charge is 0.490 e. The van der Waals surface area contributed by atoms with Gasteiger partial charge < -0.3 is 24.8 Å². The van der Waals surface area contributed by atoms with E-state index < -0.39 is 6.04 Å². The van der Waals surface area contributed by atoms with Crippen molar-refractivity contribution in [2.75, 3.05) is 38.7 Å². The van der Waals surface area contributed by atoms with Crippen LogP contribution in [-0.4, -0.2) is 78.3 Å². The number of hydrogen-bond acceptors (Lipinski definition) is 6. The van der Waals surface area contributed by atoms with Crippen molar-refractivity contribution in [1.29, 1.82) is 0 Å². The molecule has 4 atom stereocenters. The Hall–Kier alpha value is -3.72. The van der Waals surface area contributed by atoms with Gasteiger partial charge in [0.2, 0.25) is 5.91 Å². The molecule has 4 rings (SSSR count). The average Bonchev–Trinajstić information content (AvgIpc) is 3.03.